The van der Waals surface area contributed by atoms with Crippen LogP contribution in [0.3, 0.4) is 0 Å². The summed E-state index contributed by atoms with van der Waals surface area (Å²) in [7, 11) is 0. The highest BCUT2D eigenvalue weighted by molar-refractivity contribution is 6.08. The molecule has 0 fully saturated rings. The lowest BCUT2D eigenvalue weighted by atomic mass is 9.69. The van der Waals surface area contributed by atoms with Gasteiger partial charge in [0.05, 0.1) is 16.8 Å². The first-order chi connectivity index (χ1) is 29.3. The van der Waals surface area contributed by atoms with Gasteiger partial charge in [-0.15, -0.1) is 0 Å². The fraction of sp³-hybridized carbons (Fsp3) is 0.0182. The summed E-state index contributed by atoms with van der Waals surface area (Å²) < 4.78 is 0. The van der Waals surface area contributed by atoms with Gasteiger partial charge in [-0.1, -0.05) is 200 Å². The summed E-state index contributed by atoms with van der Waals surface area (Å²) in [6.07, 6.45) is 0. The average Bonchev–Trinajstić information content (AvgIpc) is 3.79. The van der Waals surface area contributed by atoms with E-state index in [2.05, 4.69) is 146 Å². The number of fused-ring (bicyclic) bond motifs is 12. The zero-order chi connectivity index (χ0) is 38.9. The van der Waals surface area contributed by atoms with Crippen molar-refractivity contribution in [3.63, 3.8) is 0 Å². The summed E-state index contributed by atoms with van der Waals surface area (Å²) >= 11 is 0. The third kappa shape index (κ3) is 4.96. The second-order valence-electron chi connectivity index (χ2n) is 15.3. The van der Waals surface area contributed by atoms with Crippen LogP contribution in [-0.2, 0) is 5.41 Å². The van der Waals surface area contributed by atoms with Crippen LogP contribution in [0.25, 0.3) is 89.7 Å². The highest BCUT2D eigenvalue weighted by atomic mass is 15.0. The van der Waals surface area contributed by atoms with E-state index < -0.39 is 5.41 Å². The molecule has 0 N–H and O–H groups in total. The summed E-state index contributed by atoms with van der Waals surface area (Å²) in [5.74, 6) is 1.92. The first kappa shape index (κ1) is 33.3. The van der Waals surface area contributed by atoms with Crippen LogP contribution in [0, 0.1) is 0 Å². The van der Waals surface area contributed by atoms with Crippen molar-refractivity contribution in [1.29, 1.82) is 0 Å². The van der Waals surface area contributed by atoms with E-state index in [0.29, 0.717) is 17.5 Å². The van der Waals surface area contributed by atoms with Crippen LogP contribution in [0.5, 0.6) is 0 Å². The van der Waals surface area contributed by atoms with E-state index in [4.69, 9.17) is 19.9 Å². The molecule has 12 rings (SSSR count). The van der Waals surface area contributed by atoms with Crippen LogP contribution in [0.2, 0.25) is 0 Å². The Morgan fingerprint density at radius 1 is 0.288 bits per heavy atom. The van der Waals surface area contributed by atoms with E-state index in [-0.39, 0.29) is 0 Å². The average molecular weight is 751 g/mol. The largest absolute Gasteiger partial charge is 0.247 e. The molecule has 0 saturated heterocycles. The van der Waals surface area contributed by atoms with Crippen molar-refractivity contribution in [2.45, 2.75) is 5.41 Å². The predicted octanol–water partition coefficient (Wildman–Crippen LogP) is 13.1. The summed E-state index contributed by atoms with van der Waals surface area (Å²) in [5.41, 5.74) is 16.4. The quantitative estimate of drug-likeness (QED) is 0.176. The van der Waals surface area contributed by atoms with Gasteiger partial charge in [0.2, 0.25) is 0 Å². The molecule has 2 aliphatic rings. The number of hydrogen-bond donors (Lipinski definition) is 0. The van der Waals surface area contributed by atoms with E-state index >= 15 is 0 Å². The highest BCUT2D eigenvalue weighted by Crippen LogP contribution is 2.65. The van der Waals surface area contributed by atoms with Crippen molar-refractivity contribution in [3.05, 3.63) is 229 Å². The topological polar surface area (TPSA) is 51.6 Å². The Balaban J connectivity index is 1.10. The molecular formula is C55H34N4. The lowest BCUT2D eigenvalue weighted by molar-refractivity contribution is 0.800. The Morgan fingerprint density at radius 2 is 0.746 bits per heavy atom. The van der Waals surface area contributed by atoms with Crippen molar-refractivity contribution in [2.24, 2.45) is 0 Å². The van der Waals surface area contributed by atoms with E-state index in [1.165, 1.54) is 49.9 Å². The Labute approximate surface area is 342 Å². The molecule has 0 bridgehead atoms. The fourth-order valence-electron chi connectivity index (χ4n) is 9.70. The van der Waals surface area contributed by atoms with Gasteiger partial charge in [0.1, 0.15) is 0 Å². The first-order valence-corrected chi connectivity index (χ1v) is 20.1. The Kier molecular flexibility index (Phi) is 7.41. The van der Waals surface area contributed by atoms with Gasteiger partial charge in [-0.25, -0.2) is 19.9 Å². The first-order valence-electron chi connectivity index (χ1n) is 20.1. The van der Waals surface area contributed by atoms with Gasteiger partial charge in [0.15, 0.2) is 17.5 Å². The monoisotopic (exact) mass is 750 g/mol. The molecule has 10 aromatic rings. The number of hydrogen-bond acceptors (Lipinski definition) is 4. The van der Waals surface area contributed by atoms with Gasteiger partial charge in [0.25, 0.3) is 0 Å². The molecule has 274 valence electrons. The second-order valence-corrected chi connectivity index (χ2v) is 15.3. The van der Waals surface area contributed by atoms with E-state index in [1.807, 2.05) is 60.7 Å². The Hall–Kier alpha value is -7.82. The summed E-state index contributed by atoms with van der Waals surface area (Å²) in [4.78, 5) is 20.7. The molecule has 0 saturated carbocycles. The molecule has 1 unspecified atom stereocenters. The van der Waals surface area contributed by atoms with Crippen LogP contribution in [0.15, 0.2) is 206 Å². The van der Waals surface area contributed by atoms with Gasteiger partial charge >= 0.3 is 0 Å². The van der Waals surface area contributed by atoms with Crippen LogP contribution in [-0.4, -0.2) is 19.9 Å². The van der Waals surface area contributed by atoms with Gasteiger partial charge in [-0.3, -0.25) is 0 Å². The Morgan fingerprint density at radius 3 is 1.42 bits per heavy atom. The van der Waals surface area contributed by atoms with Gasteiger partial charge in [-0.05, 0) is 50.4 Å². The fourth-order valence-corrected chi connectivity index (χ4v) is 9.70. The van der Waals surface area contributed by atoms with Crippen LogP contribution in [0.1, 0.15) is 22.3 Å². The molecule has 2 aliphatic carbocycles. The standard InChI is InChI=1S/C55H34N4/c1-4-18-35(19-5-1)50-42-27-11-10-26-41(42)49-51(56-50)44-29-13-15-32-46(44)55(49)45-31-14-12-28-43(45)48-40(30-17-33-47(48)55)38-24-16-25-39(34-38)54-58-52(36-20-6-2-7-21-36)57-53(59-54)37-22-8-3-9-23-37/h1-34H. The lowest BCUT2D eigenvalue weighted by Gasteiger charge is -2.31. The second kappa shape index (κ2) is 13.1. The minimum absolute atomic E-state index is 0.573. The predicted molar refractivity (Wildman–Crippen MR) is 239 cm³/mol. The Bertz CT molecular complexity index is 3210. The number of benzene rings is 8. The van der Waals surface area contributed by atoms with Crippen LogP contribution >= 0.6 is 0 Å². The van der Waals surface area contributed by atoms with Gasteiger partial charge < -0.3 is 0 Å². The molecule has 8 aromatic carbocycles. The maximum Gasteiger partial charge on any atom is 0.164 e. The van der Waals surface area contributed by atoms with Crippen molar-refractivity contribution in [3.8, 4) is 78.9 Å². The molecule has 2 aromatic heterocycles. The van der Waals surface area contributed by atoms with Crippen molar-refractivity contribution in [1.82, 2.24) is 19.9 Å². The number of nitrogens with zero attached hydrogens (tertiary/aromatic N) is 4. The van der Waals surface area contributed by atoms with E-state index in [0.717, 1.165) is 44.6 Å². The zero-order valence-corrected chi connectivity index (χ0v) is 31.9. The maximum absolute atomic E-state index is 5.62. The molecule has 0 amide bonds. The highest BCUT2D eigenvalue weighted by Gasteiger charge is 2.53. The summed E-state index contributed by atoms with van der Waals surface area (Å²) in [6, 6.07) is 73.2. The molecule has 4 nitrogen and oxygen atoms in total. The molecule has 59 heavy (non-hydrogen) atoms. The van der Waals surface area contributed by atoms with Crippen molar-refractivity contribution < 1.29 is 0 Å². The SMILES string of the molecule is c1ccc(-c2nc(-c3ccccc3)nc(-c3cccc(-c4cccc5c4-c4ccccc4C54c5ccccc5-c5nc(-c6ccccc6)c6ccccc6c54)c3)n2)cc1. The minimum atomic E-state index is -0.573. The number of rotatable bonds is 5. The van der Waals surface area contributed by atoms with E-state index in [1.54, 1.807) is 0 Å². The smallest absolute Gasteiger partial charge is 0.164 e. The molecule has 2 heterocycles. The summed E-state index contributed by atoms with van der Waals surface area (Å²) in [6.45, 7) is 0. The zero-order valence-electron chi connectivity index (χ0n) is 31.9. The normalized spacial score (nSPS) is 14.5. The van der Waals surface area contributed by atoms with E-state index in [9.17, 15) is 0 Å². The van der Waals surface area contributed by atoms with Gasteiger partial charge in [-0.2, -0.15) is 0 Å². The number of aromatic nitrogens is 4. The van der Waals surface area contributed by atoms with Gasteiger partial charge in [0, 0.05) is 38.8 Å². The van der Waals surface area contributed by atoms with Crippen molar-refractivity contribution >= 4 is 10.8 Å². The summed E-state index contributed by atoms with van der Waals surface area (Å²) in [5, 5.41) is 2.38. The molecule has 4 heteroatoms. The minimum Gasteiger partial charge on any atom is -0.247 e. The molecular weight excluding hydrogens is 717 g/mol. The molecule has 0 aliphatic heterocycles. The molecule has 0 radical (unpaired) electrons. The van der Waals surface area contributed by atoms with Crippen molar-refractivity contribution in [2.75, 3.05) is 0 Å². The maximum atomic E-state index is 5.62. The van der Waals surface area contributed by atoms with Crippen LogP contribution < -0.4 is 0 Å². The van der Waals surface area contributed by atoms with Crippen LogP contribution in [0.4, 0.5) is 0 Å². The molecule has 1 atom stereocenters. The third-order valence-corrected chi connectivity index (χ3v) is 12.1. The molecule has 1 spiro atoms. The lowest BCUT2D eigenvalue weighted by Crippen LogP contribution is -2.26. The number of pyridine rings is 1. The third-order valence-electron chi connectivity index (χ3n) is 12.1.